The number of likely N-dealkylation sites (N-methyl/N-ethyl adjacent to an activating group) is 1. The lowest BCUT2D eigenvalue weighted by molar-refractivity contribution is -0.139. The molecule has 2 heterocycles. The van der Waals surface area contributed by atoms with Crippen LogP contribution >= 0.6 is 0 Å². The fraction of sp³-hybridized carbons (Fsp3) is 0.361. The second-order valence-corrected chi connectivity index (χ2v) is 13.2. The molecule has 2 aromatic carbocycles. The number of ether oxygens (including phenoxy) is 1. The van der Waals surface area contributed by atoms with E-state index in [4.69, 9.17) is 10.5 Å². The number of phenolic OH excluding ortho intramolecular Hbond substituents is 2. The van der Waals surface area contributed by atoms with Crippen molar-refractivity contribution in [1.82, 2.24) is 35.7 Å². The number of nitrogens with one attached hydrogen (secondary N) is 5. The summed E-state index contributed by atoms with van der Waals surface area (Å²) in [5.74, 6) is -3.90. The molecule has 1 aromatic heterocycles. The molecule has 300 valence electrons. The van der Waals surface area contributed by atoms with Gasteiger partial charge in [0.1, 0.15) is 41.5 Å². The van der Waals surface area contributed by atoms with Crippen LogP contribution < -0.4 is 38.2 Å². The van der Waals surface area contributed by atoms with E-state index in [0.29, 0.717) is 11.1 Å². The van der Waals surface area contributed by atoms with Gasteiger partial charge in [0, 0.05) is 38.4 Å². The van der Waals surface area contributed by atoms with E-state index in [1.165, 1.54) is 51.2 Å². The Morgan fingerprint density at radius 3 is 2.18 bits per heavy atom. The molecule has 0 radical (unpaired) electrons. The number of hydrogen-bond donors (Lipinski definition) is 10. The Morgan fingerprint density at radius 1 is 0.964 bits per heavy atom. The number of aromatic nitrogens is 2. The summed E-state index contributed by atoms with van der Waals surface area (Å²) in [6, 6.07) is 5.42. The maximum atomic E-state index is 13.7. The van der Waals surface area contributed by atoms with E-state index in [1.807, 2.05) is 0 Å². The Morgan fingerprint density at radius 2 is 1.59 bits per heavy atom. The Bertz CT molecular complexity index is 2080. The van der Waals surface area contributed by atoms with Crippen molar-refractivity contribution in [2.45, 2.75) is 75.7 Å². The van der Waals surface area contributed by atoms with Crippen LogP contribution in [0.3, 0.4) is 0 Å². The summed E-state index contributed by atoms with van der Waals surface area (Å²) in [5, 5.41) is 49.3. The molecule has 7 unspecified atom stereocenters. The molecule has 1 saturated heterocycles. The van der Waals surface area contributed by atoms with Gasteiger partial charge in [-0.3, -0.25) is 28.7 Å². The Balaban J connectivity index is 1.49. The van der Waals surface area contributed by atoms with E-state index in [0.717, 1.165) is 27.9 Å². The minimum absolute atomic E-state index is 0.0228. The molecule has 0 spiro atoms. The van der Waals surface area contributed by atoms with Crippen molar-refractivity contribution in [2.75, 3.05) is 7.05 Å². The van der Waals surface area contributed by atoms with Gasteiger partial charge in [0.05, 0.1) is 12.1 Å². The van der Waals surface area contributed by atoms with Crippen LogP contribution in [0, 0.1) is 0 Å². The molecule has 1 fully saturated rings. The summed E-state index contributed by atoms with van der Waals surface area (Å²) in [7, 11) is 1.36. The van der Waals surface area contributed by atoms with Crippen LogP contribution in [0.4, 0.5) is 4.79 Å². The van der Waals surface area contributed by atoms with E-state index >= 15 is 0 Å². The summed E-state index contributed by atoms with van der Waals surface area (Å²) in [6.45, 7) is 2.73. The van der Waals surface area contributed by atoms with Crippen LogP contribution in [0.5, 0.6) is 11.5 Å². The van der Waals surface area contributed by atoms with Crippen molar-refractivity contribution in [3.05, 3.63) is 105 Å². The maximum absolute atomic E-state index is 13.7. The van der Waals surface area contributed by atoms with Gasteiger partial charge in [0.25, 0.3) is 5.56 Å². The van der Waals surface area contributed by atoms with Crippen molar-refractivity contribution in [2.24, 2.45) is 5.73 Å². The van der Waals surface area contributed by atoms with Gasteiger partial charge < -0.3 is 57.1 Å². The lowest BCUT2D eigenvalue weighted by atomic mass is 10.0. The predicted molar refractivity (Wildman–Crippen MR) is 197 cm³/mol. The summed E-state index contributed by atoms with van der Waals surface area (Å²) < 4.78 is 6.60. The number of carbonyl (C=O) groups excluding carboxylic acids is 4. The summed E-state index contributed by atoms with van der Waals surface area (Å²) in [5.41, 5.74) is 5.68. The van der Waals surface area contributed by atoms with Gasteiger partial charge in [-0.25, -0.2) is 14.4 Å². The first kappa shape index (κ1) is 42.1. The van der Waals surface area contributed by atoms with Gasteiger partial charge in [0.15, 0.2) is 0 Å². The lowest BCUT2D eigenvalue weighted by Crippen LogP contribution is -2.61. The van der Waals surface area contributed by atoms with Crippen LogP contribution in [0.15, 0.2) is 82.3 Å². The number of rotatable bonds is 15. The minimum Gasteiger partial charge on any atom is -0.508 e. The van der Waals surface area contributed by atoms with Crippen molar-refractivity contribution < 1.29 is 49.1 Å². The quantitative estimate of drug-likeness (QED) is 0.0839. The molecule has 0 aliphatic carbocycles. The predicted octanol–water partition coefficient (Wildman–Crippen LogP) is -1.53. The number of H-pyrrole nitrogens is 1. The number of nitrogens with two attached hydrogens (primary N) is 1. The number of aromatic hydroxyl groups is 2. The van der Waals surface area contributed by atoms with Gasteiger partial charge in [0.2, 0.25) is 23.9 Å². The molecular formula is C36H44N8O12. The molecule has 5 amide bonds. The molecule has 0 saturated carbocycles. The zero-order valence-corrected chi connectivity index (χ0v) is 30.5. The molecule has 4 rings (SSSR count). The first-order chi connectivity index (χ1) is 26.4. The number of urea groups is 1. The summed E-state index contributed by atoms with van der Waals surface area (Å²) in [4.78, 5) is 92.2. The molecule has 7 atom stereocenters. The van der Waals surface area contributed by atoms with Crippen LogP contribution in [-0.2, 0) is 36.8 Å². The maximum Gasteiger partial charge on any atom is 0.331 e. The number of carbonyl (C=O) groups is 5. The number of aromatic amines is 1. The van der Waals surface area contributed by atoms with Crippen molar-refractivity contribution in [3.63, 3.8) is 0 Å². The third kappa shape index (κ3) is 11.2. The number of aliphatic carboxylic acids is 1. The van der Waals surface area contributed by atoms with Gasteiger partial charge >= 0.3 is 17.7 Å². The minimum atomic E-state index is -1.52. The number of nitrogens with zero attached hydrogens (tertiary/aromatic N) is 2. The zero-order valence-electron chi connectivity index (χ0n) is 30.5. The van der Waals surface area contributed by atoms with Crippen LogP contribution in [0.25, 0.3) is 0 Å². The summed E-state index contributed by atoms with van der Waals surface area (Å²) >= 11 is 0. The highest BCUT2D eigenvalue weighted by Gasteiger charge is 2.36. The standard InChI is InChI=1S/C36H44N8O12/c1-18(39-35(54)40-26(34(52)53)15-21-7-5-9-23(46)13-21)30(49)42-29(19(2)43(3)32(51)25(37)14-20-6-4-8-22(45)12-20)31(50)38-17-24-16-27(47)33(56-24)44-11-10-28(48)41-36(44)55/h4-13,17-19,25-27,29,33,45-47H,14-16,37H2,1-3H3,(H,38,50)(H,42,49)(H,52,53)(H2,39,40,54)(H,41,48,55)/b24-17-. The zero-order chi connectivity index (χ0) is 41.3. The summed E-state index contributed by atoms with van der Waals surface area (Å²) in [6.07, 6.45) is -0.601. The van der Waals surface area contributed by atoms with Crippen molar-refractivity contribution in [1.29, 1.82) is 0 Å². The fourth-order valence-corrected chi connectivity index (χ4v) is 5.77. The number of carboxylic acid groups (broad SMARTS) is 1. The monoisotopic (exact) mass is 780 g/mol. The van der Waals surface area contributed by atoms with E-state index in [1.54, 1.807) is 18.2 Å². The first-order valence-corrected chi connectivity index (χ1v) is 17.3. The fourth-order valence-electron chi connectivity index (χ4n) is 5.77. The first-order valence-electron chi connectivity index (χ1n) is 17.3. The van der Waals surface area contributed by atoms with Crippen LogP contribution in [-0.4, -0.2) is 108 Å². The van der Waals surface area contributed by atoms with E-state index in [-0.39, 0.29) is 36.5 Å². The Labute approximate surface area is 319 Å². The topological polar surface area (TPSA) is 308 Å². The van der Waals surface area contributed by atoms with Gasteiger partial charge in [-0.05, 0) is 55.7 Å². The van der Waals surface area contributed by atoms with Gasteiger partial charge in [-0.15, -0.1) is 0 Å². The van der Waals surface area contributed by atoms with Gasteiger partial charge in [-0.1, -0.05) is 24.3 Å². The van der Waals surface area contributed by atoms with Gasteiger partial charge in [-0.2, -0.15) is 0 Å². The molecule has 20 nitrogen and oxygen atoms in total. The van der Waals surface area contributed by atoms with E-state index in [9.17, 15) is 54.0 Å². The third-order valence-corrected chi connectivity index (χ3v) is 8.91. The average molecular weight is 781 g/mol. The molecule has 20 heteroatoms. The smallest absolute Gasteiger partial charge is 0.331 e. The Kier molecular flexibility index (Phi) is 14.0. The molecule has 1 aliphatic rings. The normalized spacial score (nSPS) is 18.3. The third-order valence-electron chi connectivity index (χ3n) is 8.91. The highest BCUT2D eigenvalue weighted by atomic mass is 16.5. The Hall–Kier alpha value is -6.67. The molecule has 56 heavy (non-hydrogen) atoms. The number of phenols is 2. The number of amides is 5. The highest BCUT2D eigenvalue weighted by Crippen LogP contribution is 2.29. The van der Waals surface area contributed by atoms with Crippen LogP contribution in [0.1, 0.15) is 37.6 Å². The number of aliphatic hydroxyl groups is 1. The van der Waals surface area contributed by atoms with Crippen molar-refractivity contribution in [3.8, 4) is 11.5 Å². The molecule has 3 aromatic rings. The SMILES string of the molecule is CC(NC(=O)NC(Cc1cccc(O)c1)C(=O)O)C(=O)NC(C(=O)N/C=C1/CC(O)C(n2ccc(=O)[nH]c2=O)O1)C(C)N(C)C(=O)C(N)Cc1cccc(O)c1. The molecule has 0 bridgehead atoms. The highest BCUT2D eigenvalue weighted by molar-refractivity contribution is 5.93. The lowest BCUT2D eigenvalue weighted by Gasteiger charge is -2.33. The van der Waals surface area contributed by atoms with Crippen LogP contribution in [0.2, 0.25) is 0 Å². The molecular weight excluding hydrogens is 736 g/mol. The average Bonchev–Trinajstić information content (AvgIpc) is 3.50. The number of carboxylic acids is 1. The number of aliphatic hydroxyl groups excluding tert-OH is 1. The van der Waals surface area contributed by atoms with E-state index < -0.39 is 83.5 Å². The second kappa shape index (κ2) is 18.6. The largest absolute Gasteiger partial charge is 0.508 e. The number of benzene rings is 2. The van der Waals surface area contributed by atoms with Crippen molar-refractivity contribution >= 4 is 29.7 Å². The molecule has 11 N–H and O–H groups in total. The molecule has 1 aliphatic heterocycles. The number of hydrogen-bond acceptors (Lipinski definition) is 12. The second-order valence-electron chi connectivity index (χ2n) is 13.2. The van der Waals surface area contributed by atoms with E-state index in [2.05, 4.69) is 26.3 Å².